The molecule has 3 rings (SSSR count). The highest BCUT2D eigenvalue weighted by atomic mass is 16.6. The largest absolute Gasteiger partial charge is 0.462 e. The Morgan fingerprint density at radius 3 is 1.40 bits per heavy atom. The zero-order valence-electron chi connectivity index (χ0n) is 23.4. The van der Waals surface area contributed by atoms with Crippen molar-refractivity contribution in [3.63, 3.8) is 0 Å². The van der Waals surface area contributed by atoms with Crippen molar-refractivity contribution in [2.75, 3.05) is 13.2 Å². The number of carbonyl (C=O) groups excluding carboxylic acids is 3. The van der Waals surface area contributed by atoms with Crippen LogP contribution in [0.3, 0.4) is 0 Å². The highest BCUT2D eigenvalue weighted by molar-refractivity contribution is 5.71. The summed E-state index contributed by atoms with van der Waals surface area (Å²) in [6, 6.07) is 28.1. The van der Waals surface area contributed by atoms with Crippen molar-refractivity contribution in [1.29, 1.82) is 0 Å². The number of esters is 3. The molecule has 0 heterocycles. The van der Waals surface area contributed by atoms with E-state index in [1.807, 2.05) is 79.7 Å². The van der Waals surface area contributed by atoms with Crippen LogP contribution in [-0.2, 0) is 47.9 Å². The normalized spacial score (nSPS) is 10.8. The summed E-state index contributed by atoms with van der Waals surface area (Å²) in [5, 5.41) is 0. The second-order valence-corrected chi connectivity index (χ2v) is 10.00. The van der Waals surface area contributed by atoms with Crippen molar-refractivity contribution in [3.8, 4) is 0 Å². The highest BCUT2D eigenvalue weighted by Gasteiger charge is 2.19. The number of ether oxygens (including phenoxy) is 3. The summed E-state index contributed by atoms with van der Waals surface area (Å²) in [6.07, 6.45) is 4.14. The molecule has 40 heavy (non-hydrogen) atoms. The lowest BCUT2D eigenvalue weighted by atomic mass is 10.1. The summed E-state index contributed by atoms with van der Waals surface area (Å²) in [7, 11) is 0. The van der Waals surface area contributed by atoms with E-state index in [1.165, 1.54) is 5.56 Å². The summed E-state index contributed by atoms with van der Waals surface area (Å²) in [5.41, 5.74) is 4.66. The monoisotopic (exact) mass is 544 g/mol. The van der Waals surface area contributed by atoms with Crippen molar-refractivity contribution in [3.05, 3.63) is 107 Å². The second-order valence-electron chi connectivity index (χ2n) is 10.00. The SMILES string of the molecule is Cc1ccc(CCCC(=O)OC(COC(=O)CCCc2ccccc2)COC(=O)CCCc2ccccc2)cc1. The van der Waals surface area contributed by atoms with Crippen LogP contribution in [-0.4, -0.2) is 37.2 Å². The van der Waals surface area contributed by atoms with Crippen LogP contribution in [0.1, 0.15) is 60.8 Å². The number of hydrogen-bond donors (Lipinski definition) is 0. The van der Waals surface area contributed by atoms with Gasteiger partial charge in [-0.25, -0.2) is 0 Å². The van der Waals surface area contributed by atoms with Crippen molar-refractivity contribution in [1.82, 2.24) is 0 Å². The smallest absolute Gasteiger partial charge is 0.306 e. The minimum Gasteiger partial charge on any atom is -0.462 e. The Balaban J connectivity index is 1.42. The number of aryl methyl sites for hydroxylation is 4. The maximum absolute atomic E-state index is 12.5. The molecule has 0 unspecified atom stereocenters. The molecule has 0 aliphatic heterocycles. The lowest BCUT2D eigenvalue weighted by Crippen LogP contribution is -2.31. The molecule has 0 saturated heterocycles. The fraction of sp³-hybridized carbons (Fsp3) is 0.382. The molecular formula is C34H40O6. The molecule has 0 bridgehead atoms. The van der Waals surface area contributed by atoms with E-state index in [2.05, 4.69) is 12.1 Å². The van der Waals surface area contributed by atoms with Crippen LogP contribution in [0.4, 0.5) is 0 Å². The minimum absolute atomic E-state index is 0.148. The van der Waals surface area contributed by atoms with Crippen molar-refractivity contribution in [2.24, 2.45) is 0 Å². The van der Waals surface area contributed by atoms with Gasteiger partial charge in [0.05, 0.1) is 0 Å². The van der Waals surface area contributed by atoms with Crippen molar-refractivity contribution in [2.45, 2.75) is 70.8 Å². The maximum Gasteiger partial charge on any atom is 0.306 e. The molecule has 0 aromatic heterocycles. The predicted molar refractivity (Wildman–Crippen MR) is 155 cm³/mol. The molecule has 6 heteroatoms. The van der Waals surface area contributed by atoms with Crippen LogP contribution in [0, 0.1) is 6.92 Å². The van der Waals surface area contributed by atoms with Gasteiger partial charge >= 0.3 is 17.9 Å². The van der Waals surface area contributed by atoms with Crippen LogP contribution in [0.15, 0.2) is 84.9 Å². The Kier molecular flexibility index (Phi) is 13.5. The molecule has 0 fully saturated rings. The molecule has 0 aliphatic rings. The summed E-state index contributed by atoms with van der Waals surface area (Å²) in [4.78, 5) is 37.2. The molecule has 0 atom stereocenters. The number of rotatable bonds is 17. The average molecular weight is 545 g/mol. The fourth-order valence-electron chi connectivity index (χ4n) is 4.23. The first-order valence-corrected chi connectivity index (χ1v) is 14.1. The van der Waals surface area contributed by atoms with Gasteiger partial charge in [-0.1, -0.05) is 90.5 Å². The highest BCUT2D eigenvalue weighted by Crippen LogP contribution is 2.11. The molecular weight excluding hydrogens is 504 g/mol. The zero-order valence-corrected chi connectivity index (χ0v) is 23.4. The third-order valence-electron chi connectivity index (χ3n) is 6.50. The van der Waals surface area contributed by atoms with Gasteiger partial charge in [0.25, 0.3) is 0 Å². The van der Waals surface area contributed by atoms with Crippen LogP contribution in [0.25, 0.3) is 0 Å². The Labute approximate surface area is 237 Å². The van der Waals surface area contributed by atoms with E-state index in [0.29, 0.717) is 19.3 Å². The van der Waals surface area contributed by atoms with Crippen LogP contribution in [0.2, 0.25) is 0 Å². The molecule has 3 aromatic rings. The number of benzene rings is 3. The molecule has 0 spiro atoms. The maximum atomic E-state index is 12.5. The van der Waals surface area contributed by atoms with Gasteiger partial charge < -0.3 is 14.2 Å². The third kappa shape index (κ3) is 12.7. The van der Waals surface area contributed by atoms with Gasteiger partial charge in [-0.2, -0.15) is 0 Å². The van der Waals surface area contributed by atoms with Gasteiger partial charge in [-0.05, 0) is 62.1 Å². The molecule has 3 aromatic carbocycles. The quantitative estimate of drug-likeness (QED) is 0.145. The van der Waals surface area contributed by atoms with Crippen LogP contribution >= 0.6 is 0 Å². The van der Waals surface area contributed by atoms with Gasteiger partial charge in [0.1, 0.15) is 13.2 Å². The Morgan fingerprint density at radius 2 is 0.950 bits per heavy atom. The number of hydrogen-bond acceptors (Lipinski definition) is 6. The lowest BCUT2D eigenvalue weighted by Gasteiger charge is -2.18. The van der Waals surface area contributed by atoms with Crippen molar-refractivity contribution >= 4 is 17.9 Å². The first-order chi connectivity index (χ1) is 19.5. The third-order valence-corrected chi connectivity index (χ3v) is 6.50. The molecule has 0 saturated carbocycles. The standard InChI is InChI=1S/C34H40O6/c1-27-21-23-30(24-22-27)17-10-20-34(37)40-31(25-38-32(35)18-8-15-28-11-4-2-5-12-28)26-39-33(36)19-9-16-29-13-6-3-7-14-29/h2-7,11-14,21-24,31H,8-10,15-20,25-26H2,1H3. The molecule has 0 aliphatic carbocycles. The molecule has 6 nitrogen and oxygen atoms in total. The van der Waals surface area contributed by atoms with Gasteiger partial charge in [0.15, 0.2) is 6.10 Å². The predicted octanol–water partition coefficient (Wildman–Crippen LogP) is 6.36. The summed E-state index contributed by atoms with van der Waals surface area (Å²) in [6.45, 7) is 1.74. The summed E-state index contributed by atoms with van der Waals surface area (Å²) >= 11 is 0. The van der Waals surface area contributed by atoms with E-state index in [1.54, 1.807) is 0 Å². The Morgan fingerprint density at radius 1 is 0.550 bits per heavy atom. The van der Waals surface area contributed by atoms with Gasteiger partial charge in [-0.3, -0.25) is 14.4 Å². The second kappa shape index (κ2) is 17.6. The van der Waals surface area contributed by atoms with Gasteiger partial charge in [-0.15, -0.1) is 0 Å². The van der Waals surface area contributed by atoms with E-state index < -0.39 is 12.1 Å². The van der Waals surface area contributed by atoms with E-state index in [-0.39, 0.29) is 44.4 Å². The van der Waals surface area contributed by atoms with Crippen LogP contribution < -0.4 is 0 Å². The first kappa shape index (κ1) is 30.6. The zero-order chi connectivity index (χ0) is 28.4. The minimum atomic E-state index is -0.844. The van der Waals surface area contributed by atoms with Crippen molar-refractivity contribution < 1.29 is 28.6 Å². The van der Waals surface area contributed by atoms with Gasteiger partial charge in [0.2, 0.25) is 0 Å². The molecule has 212 valence electrons. The van der Waals surface area contributed by atoms with Crippen LogP contribution in [0.5, 0.6) is 0 Å². The van der Waals surface area contributed by atoms with E-state index in [9.17, 15) is 14.4 Å². The average Bonchev–Trinajstić information content (AvgIpc) is 2.96. The fourth-order valence-corrected chi connectivity index (χ4v) is 4.23. The van der Waals surface area contributed by atoms with E-state index >= 15 is 0 Å². The first-order valence-electron chi connectivity index (χ1n) is 14.1. The van der Waals surface area contributed by atoms with E-state index in [4.69, 9.17) is 14.2 Å². The molecule has 0 amide bonds. The summed E-state index contributed by atoms with van der Waals surface area (Å²) in [5.74, 6) is -1.14. The molecule has 0 radical (unpaired) electrons. The Bertz CT molecular complexity index is 1100. The lowest BCUT2D eigenvalue weighted by molar-refractivity contribution is -0.167. The van der Waals surface area contributed by atoms with Gasteiger partial charge in [0, 0.05) is 19.3 Å². The summed E-state index contributed by atoms with van der Waals surface area (Å²) < 4.78 is 16.3. The Hall–Kier alpha value is -3.93. The topological polar surface area (TPSA) is 78.9 Å². The van der Waals surface area contributed by atoms with E-state index in [0.717, 1.165) is 36.0 Å². The molecule has 0 N–H and O–H groups in total. The number of carbonyl (C=O) groups is 3.